The highest BCUT2D eigenvalue weighted by Gasteiger charge is 2.17. The topological polar surface area (TPSA) is 107 Å². The van der Waals surface area contributed by atoms with E-state index in [-0.39, 0.29) is 24.4 Å². The zero-order valence-corrected chi connectivity index (χ0v) is 17.8. The van der Waals surface area contributed by atoms with Crippen LogP contribution in [0.3, 0.4) is 0 Å². The van der Waals surface area contributed by atoms with Crippen LogP contribution in [-0.2, 0) is 13.0 Å². The molecule has 1 atom stereocenters. The fraction of sp³-hybridized carbons (Fsp3) is 0.250. The molecule has 1 N–H and O–H groups in total. The Morgan fingerprint density at radius 2 is 1.97 bits per heavy atom. The lowest BCUT2D eigenvalue weighted by atomic mass is 10.1. The number of amides is 1. The Bertz CT molecular complexity index is 1280. The van der Waals surface area contributed by atoms with E-state index in [9.17, 15) is 9.59 Å². The fourth-order valence-electron chi connectivity index (χ4n) is 3.33. The van der Waals surface area contributed by atoms with Gasteiger partial charge in [0.25, 0.3) is 0 Å². The molecule has 8 nitrogen and oxygen atoms in total. The quantitative estimate of drug-likeness (QED) is 0.421. The number of nitrogens with one attached hydrogen (secondary N) is 1. The molecule has 8 heteroatoms. The number of carbonyl (C=O) groups is 1. The highest BCUT2D eigenvalue weighted by Crippen LogP contribution is 2.22. The van der Waals surface area contributed by atoms with Gasteiger partial charge in [-0.1, -0.05) is 35.5 Å². The summed E-state index contributed by atoms with van der Waals surface area (Å²) >= 11 is 0. The van der Waals surface area contributed by atoms with E-state index in [2.05, 4.69) is 27.6 Å². The van der Waals surface area contributed by atoms with Crippen molar-refractivity contribution >= 4 is 16.9 Å². The van der Waals surface area contributed by atoms with Gasteiger partial charge < -0.3 is 19.0 Å². The van der Waals surface area contributed by atoms with Crippen molar-refractivity contribution < 1.29 is 18.5 Å². The van der Waals surface area contributed by atoms with E-state index in [1.807, 2.05) is 38.1 Å². The zero-order chi connectivity index (χ0) is 22.5. The predicted octanol–water partition coefficient (Wildman–Crippen LogP) is 3.81. The maximum absolute atomic E-state index is 12.4. The first-order valence-electron chi connectivity index (χ1n) is 10.3. The van der Waals surface area contributed by atoms with E-state index in [1.165, 1.54) is 11.6 Å². The summed E-state index contributed by atoms with van der Waals surface area (Å²) in [6.07, 6.45) is 1.65. The molecule has 0 radical (unpaired) electrons. The lowest BCUT2D eigenvalue weighted by Gasteiger charge is -2.12. The van der Waals surface area contributed by atoms with E-state index >= 15 is 0 Å². The highest BCUT2D eigenvalue weighted by atomic mass is 16.5. The standard InChI is InChI=1S/C24H23N3O5/c1-15-12-22(28)31-20-13-18(10-11-19(15)20)30-14-21-26-24(32-27-21)23(29)25-16(2)8-9-17-6-4-3-5-7-17/h3-7,10-13,16H,8-9,14H2,1-2H3,(H,25,29)/t16-/m0/s1. The van der Waals surface area contributed by atoms with Gasteiger partial charge in [-0.05, 0) is 49.9 Å². The molecular weight excluding hydrogens is 410 g/mol. The van der Waals surface area contributed by atoms with Crippen molar-refractivity contribution in [3.8, 4) is 5.75 Å². The van der Waals surface area contributed by atoms with E-state index < -0.39 is 11.5 Å². The van der Waals surface area contributed by atoms with Gasteiger partial charge in [0.05, 0.1) is 0 Å². The molecule has 0 saturated heterocycles. The molecule has 0 bridgehead atoms. The SMILES string of the molecule is Cc1cc(=O)oc2cc(OCc3noc(C(=O)N[C@@H](C)CCc4ccccc4)n3)ccc12. The molecule has 0 aliphatic rings. The van der Waals surface area contributed by atoms with Crippen LogP contribution >= 0.6 is 0 Å². The van der Waals surface area contributed by atoms with E-state index in [0.29, 0.717) is 11.3 Å². The van der Waals surface area contributed by atoms with Gasteiger partial charge in [-0.2, -0.15) is 4.98 Å². The van der Waals surface area contributed by atoms with Crippen LogP contribution in [0.15, 0.2) is 68.3 Å². The molecular formula is C24H23N3O5. The minimum absolute atomic E-state index is 0.00188. The lowest BCUT2D eigenvalue weighted by molar-refractivity contribution is 0.0894. The molecule has 1 amide bonds. The minimum atomic E-state index is -0.424. The number of nitrogens with zero attached hydrogens (tertiary/aromatic N) is 2. The lowest BCUT2D eigenvalue weighted by Crippen LogP contribution is -2.33. The zero-order valence-electron chi connectivity index (χ0n) is 17.8. The molecule has 0 fully saturated rings. The summed E-state index contributed by atoms with van der Waals surface area (Å²) in [5, 5.41) is 7.50. The number of hydrogen-bond acceptors (Lipinski definition) is 7. The minimum Gasteiger partial charge on any atom is -0.485 e. The third-order valence-corrected chi connectivity index (χ3v) is 5.04. The van der Waals surface area contributed by atoms with Crippen LogP contribution in [0.4, 0.5) is 0 Å². The van der Waals surface area contributed by atoms with Crippen molar-refractivity contribution in [2.45, 2.75) is 39.3 Å². The summed E-state index contributed by atoms with van der Waals surface area (Å²) in [7, 11) is 0. The maximum atomic E-state index is 12.4. The summed E-state index contributed by atoms with van der Waals surface area (Å²) in [6, 6.07) is 16.7. The molecule has 0 aliphatic carbocycles. The second kappa shape index (κ2) is 9.47. The molecule has 32 heavy (non-hydrogen) atoms. The third-order valence-electron chi connectivity index (χ3n) is 5.04. The second-order valence-electron chi connectivity index (χ2n) is 7.61. The Morgan fingerprint density at radius 1 is 1.16 bits per heavy atom. The summed E-state index contributed by atoms with van der Waals surface area (Å²) in [4.78, 5) is 28.0. The first-order valence-corrected chi connectivity index (χ1v) is 10.3. The van der Waals surface area contributed by atoms with Gasteiger partial charge in [-0.3, -0.25) is 4.79 Å². The van der Waals surface area contributed by atoms with Crippen LogP contribution in [-0.4, -0.2) is 22.1 Å². The van der Waals surface area contributed by atoms with Crippen molar-refractivity contribution in [3.63, 3.8) is 0 Å². The first-order chi connectivity index (χ1) is 15.5. The number of rotatable bonds is 8. The highest BCUT2D eigenvalue weighted by molar-refractivity contribution is 5.89. The van der Waals surface area contributed by atoms with Crippen LogP contribution in [0.1, 0.15) is 41.0 Å². The Balaban J connectivity index is 1.32. The molecule has 0 unspecified atom stereocenters. The summed E-state index contributed by atoms with van der Waals surface area (Å²) in [5.74, 6) is 0.178. The number of carbonyl (C=O) groups excluding carboxylic acids is 1. The predicted molar refractivity (Wildman–Crippen MR) is 118 cm³/mol. The fourth-order valence-corrected chi connectivity index (χ4v) is 3.33. The molecule has 0 spiro atoms. The molecule has 2 aromatic heterocycles. The van der Waals surface area contributed by atoms with Gasteiger partial charge >= 0.3 is 17.4 Å². The van der Waals surface area contributed by atoms with Gasteiger partial charge in [-0.15, -0.1) is 0 Å². The van der Waals surface area contributed by atoms with Crippen LogP contribution in [0.2, 0.25) is 0 Å². The molecule has 164 valence electrons. The van der Waals surface area contributed by atoms with Crippen molar-refractivity contribution in [1.82, 2.24) is 15.5 Å². The average molecular weight is 433 g/mol. The summed E-state index contributed by atoms with van der Waals surface area (Å²) < 4.78 is 15.9. The van der Waals surface area contributed by atoms with Crippen molar-refractivity contribution in [2.24, 2.45) is 0 Å². The third kappa shape index (κ3) is 5.21. The number of benzene rings is 2. The monoisotopic (exact) mass is 433 g/mol. The second-order valence-corrected chi connectivity index (χ2v) is 7.61. The molecule has 2 heterocycles. The van der Waals surface area contributed by atoms with Gasteiger partial charge in [-0.25, -0.2) is 4.79 Å². The van der Waals surface area contributed by atoms with Gasteiger partial charge in [0.2, 0.25) is 5.82 Å². The number of aromatic nitrogens is 2. The van der Waals surface area contributed by atoms with Crippen LogP contribution in [0.25, 0.3) is 11.0 Å². The van der Waals surface area contributed by atoms with Gasteiger partial charge in [0, 0.05) is 23.6 Å². The Labute approximate surface area is 184 Å². The van der Waals surface area contributed by atoms with Crippen LogP contribution < -0.4 is 15.7 Å². The molecule has 4 aromatic rings. The smallest absolute Gasteiger partial charge is 0.336 e. The number of fused-ring (bicyclic) bond motifs is 1. The van der Waals surface area contributed by atoms with E-state index in [0.717, 1.165) is 23.8 Å². The Kier molecular flexibility index (Phi) is 6.30. The Hall–Kier alpha value is -3.94. The maximum Gasteiger partial charge on any atom is 0.336 e. The number of aryl methyl sites for hydroxylation is 2. The number of ether oxygens (including phenoxy) is 1. The number of hydrogen-bond donors (Lipinski definition) is 1. The normalized spacial score (nSPS) is 11.9. The molecule has 0 aliphatic heterocycles. The van der Waals surface area contributed by atoms with Gasteiger partial charge in [0.15, 0.2) is 6.61 Å². The summed E-state index contributed by atoms with van der Waals surface area (Å²) in [5.41, 5.74) is 2.06. The van der Waals surface area contributed by atoms with Crippen molar-refractivity contribution in [1.29, 1.82) is 0 Å². The largest absolute Gasteiger partial charge is 0.485 e. The molecule has 2 aromatic carbocycles. The van der Waals surface area contributed by atoms with Crippen molar-refractivity contribution in [3.05, 3.63) is 87.9 Å². The average Bonchev–Trinajstić information content (AvgIpc) is 3.26. The first kappa shape index (κ1) is 21.3. The summed E-state index contributed by atoms with van der Waals surface area (Å²) in [6.45, 7) is 3.77. The van der Waals surface area contributed by atoms with Crippen LogP contribution in [0.5, 0.6) is 5.75 Å². The van der Waals surface area contributed by atoms with E-state index in [1.54, 1.807) is 12.1 Å². The van der Waals surface area contributed by atoms with E-state index in [4.69, 9.17) is 13.7 Å². The van der Waals surface area contributed by atoms with Crippen LogP contribution in [0, 0.1) is 6.92 Å². The van der Waals surface area contributed by atoms with Gasteiger partial charge in [0.1, 0.15) is 11.3 Å². The van der Waals surface area contributed by atoms with Crippen molar-refractivity contribution in [2.75, 3.05) is 0 Å². The Morgan fingerprint density at radius 3 is 2.78 bits per heavy atom. The molecule has 4 rings (SSSR count). The molecule has 0 saturated carbocycles.